The van der Waals surface area contributed by atoms with E-state index in [4.69, 9.17) is 16.3 Å². The van der Waals surface area contributed by atoms with E-state index in [2.05, 4.69) is 10.3 Å². The lowest BCUT2D eigenvalue weighted by molar-refractivity contribution is -0.146. The van der Waals surface area contributed by atoms with Gasteiger partial charge in [-0.2, -0.15) is 0 Å². The van der Waals surface area contributed by atoms with Crippen LogP contribution in [0.4, 0.5) is 0 Å². The number of amides is 1. The van der Waals surface area contributed by atoms with Crippen LogP contribution in [0.3, 0.4) is 0 Å². The predicted molar refractivity (Wildman–Crippen MR) is 98.4 cm³/mol. The van der Waals surface area contributed by atoms with Crippen molar-refractivity contribution >= 4 is 34.4 Å². The summed E-state index contributed by atoms with van der Waals surface area (Å²) >= 11 is 6.15. The van der Waals surface area contributed by atoms with Crippen LogP contribution < -0.4 is 10.1 Å². The second kappa shape index (κ2) is 7.50. The molecule has 1 fully saturated rings. The number of benzene rings is 1. The van der Waals surface area contributed by atoms with E-state index < -0.39 is 17.4 Å². The fraction of sp³-hybridized carbons (Fsp3) is 0.421. The molecule has 2 N–H and O–H groups in total. The third-order valence-corrected chi connectivity index (χ3v) is 5.30. The van der Waals surface area contributed by atoms with Crippen LogP contribution in [0.25, 0.3) is 10.9 Å². The zero-order valence-electron chi connectivity index (χ0n) is 14.5. The summed E-state index contributed by atoms with van der Waals surface area (Å²) in [5.74, 6) is -1.34. The molecule has 0 saturated heterocycles. The molecule has 0 spiro atoms. The van der Waals surface area contributed by atoms with E-state index in [1.54, 1.807) is 31.3 Å². The standard InChI is InChI=1S/C19H21ClN2O4/c1-19(9-3-2-6-13(19)18(24)25)22-16(23)11-26-15-8-7-14(20)12-5-4-10-21-17(12)15/h4-5,7-8,10,13H,2-3,6,9,11H2,1H3,(H,22,23)(H,24,25). The van der Waals surface area contributed by atoms with Gasteiger partial charge in [0.25, 0.3) is 5.91 Å². The molecule has 7 heteroatoms. The number of nitrogens with zero attached hydrogens (tertiary/aromatic N) is 1. The number of hydrogen-bond donors (Lipinski definition) is 2. The van der Waals surface area contributed by atoms with E-state index in [1.165, 1.54) is 0 Å². The maximum atomic E-state index is 12.4. The smallest absolute Gasteiger partial charge is 0.308 e. The SMILES string of the molecule is CC1(NC(=O)COc2ccc(Cl)c3cccnc23)CCCCC1C(=O)O. The summed E-state index contributed by atoms with van der Waals surface area (Å²) in [6.07, 6.45) is 4.60. The van der Waals surface area contributed by atoms with Gasteiger partial charge in [0.1, 0.15) is 11.3 Å². The molecule has 2 aromatic rings. The summed E-state index contributed by atoms with van der Waals surface area (Å²) in [5, 5.41) is 13.6. The number of hydrogen-bond acceptors (Lipinski definition) is 4. The molecule has 1 saturated carbocycles. The molecule has 1 aliphatic rings. The molecule has 1 aromatic heterocycles. The van der Waals surface area contributed by atoms with Crippen molar-refractivity contribution in [3.63, 3.8) is 0 Å². The number of carbonyl (C=O) groups is 2. The first-order chi connectivity index (χ1) is 12.4. The Balaban J connectivity index is 1.70. The highest BCUT2D eigenvalue weighted by Gasteiger charge is 2.42. The van der Waals surface area contributed by atoms with Gasteiger partial charge in [0.2, 0.25) is 0 Å². The Morgan fingerprint density at radius 1 is 1.38 bits per heavy atom. The number of carboxylic acids is 1. The van der Waals surface area contributed by atoms with E-state index in [1.807, 2.05) is 6.07 Å². The lowest BCUT2D eigenvalue weighted by Gasteiger charge is -2.39. The molecule has 0 bridgehead atoms. The van der Waals surface area contributed by atoms with E-state index in [0.29, 0.717) is 29.1 Å². The molecule has 2 atom stereocenters. The normalized spacial score (nSPS) is 22.8. The molecule has 1 amide bonds. The number of aromatic nitrogens is 1. The van der Waals surface area contributed by atoms with Gasteiger partial charge < -0.3 is 15.2 Å². The van der Waals surface area contributed by atoms with Crippen molar-refractivity contribution in [2.75, 3.05) is 6.61 Å². The molecule has 0 radical (unpaired) electrons. The van der Waals surface area contributed by atoms with Crippen LogP contribution in [0.2, 0.25) is 5.02 Å². The monoisotopic (exact) mass is 376 g/mol. The number of rotatable bonds is 5. The Bertz CT molecular complexity index is 841. The number of ether oxygens (including phenoxy) is 1. The fourth-order valence-electron chi connectivity index (χ4n) is 3.61. The van der Waals surface area contributed by atoms with Crippen LogP contribution in [0.1, 0.15) is 32.6 Å². The first-order valence-corrected chi connectivity index (χ1v) is 8.98. The maximum Gasteiger partial charge on any atom is 0.308 e. The van der Waals surface area contributed by atoms with E-state index in [0.717, 1.165) is 18.2 Å². The first-order valence-electron chi connectivity index (χ1n) is 8.60. The van der Waals surface area contributed by atoms with Gasteiger partial charge in [-0.25, -0.2) is 0 Å². The van der Waals surface area contributed by atoms with Gasteiger partial charge in [-0.15, -0.1) is 0 Å². The Morgan fingerprint density at radius 2 is 2.19 bits per heavy atom. The van der Waals surface area contributed by atoms with E-state index in [9.17, 15) is 14.7 Å². The quantitative estimate of drug-likeness (QED) is 0.834. The van der Waals surface area contributed by atoms with Crippen LogP contribution in [0.5, 0.6) is 5.75 Å². The van der Waals surface area contributed by atoms with Crippen LogP contribution >= 0.6 is 11.6 Å². The van der Waals surface area contributed by atoms with Gasteiger partial charge in [0, 0.05) is 11.6 Å². The summed E-state index contributed by atoms with van der Waals surface area (Å²) < 4.78 is 5.64. The second-order valence-electron chi connectivity index (χ2n) is 6.84. The predicted octanol–water partition coefficient (Wildman–Crippen LogP) is 3.42. The van der Waals surface area contributed by atoms with Crippen LogP contribution in [0, 0.1) is 5.92 Å². The van der Waals surface area contributed by atoms with Crippen molar-refractivity contribution < 1.29 is 19.4 Å². The molecule has 3 rings (SSSR count). The molecular formula is C19H21ClN2O4. The average molecular weight is 377 g/mol. The van der Waals surface area contributed by atoms with Gasteiger partial charge in [0.15, 0.2) is 6.61 Å². The third-order valence-electron chi connectivity index (χ3n) is 4.97. The minimum Gasteiger partial charge on any atom is -0.481 e. The van der Waals surface area contributed by atoms with Crippen molar-refractivity contribution in [3.8, 4) is 5.75 Å². The third kappa shape index (κ3) is 3.75. The molecular weight excluding hydrogens is 356 g/mol. The van der Waals surface area contributed by atoms with Crippen LogP contribution in [0.15, 0.2) is 30.5 Å². The summed E-state index contributed by atoms with van der Waals surface area (Å²) in [5.41, 5.74) is -0.176. The Morgan fingerprint density at radius 3 is 2.96 bits per heavy atom. The molecule has 2 unspecified atom stereocenters. The zero-order valence-corrected chi connectivity index (χ0v) is 15.3. The summed E-state index contributed by atoms with van der Waals surface area (Å²) in [7, 11) is 0. The number of fused-ring (bicyclic) bond motifs is 1. The maximum absolute atomic E-state index is 12.4. The number of nitrogens with one attached hydrogen (secondary N) is 1. The summed E-state index contributed by atoms with van der Waals surface area (Å²) in [6, 6.07) is 6.98. The second-order valence-corrected chi connectivity index (χ2v) is 7.24. The minimum atomic E-state index is -0.874. The average Bonchev–Trinajstić information content (AvgIpc) is 2.61. The van der Waals surface area contributed by atoms with Gasteiger partial charge in [0.05, 0.1) is 16.5 Å². The number of halogens is 1. The molecule has 1 heterocycles. The molecule has 1 aromatic carbocycles. The summed E-state index contributed by atoms with van der Waals surface area (Å²) in [4.78, 5) is 28.2. The van der Waals surface area contributed by atoms with Gasteiger partial charge >= 0.3 is 5.97 Å². The molecule has 1 aliphatic carbocycles. The molecule has 138 valence electrons. The van der Waals surface area contributed by atoms with E-state index in [-0.39, 0.29) is 12.5 Å². The number of carbonyl (C=O) groups excluding carboxylic acids is 1. The number of carboxylic acid groups (broad SMARTS) is 1. The van der Waals surface area contributed by atoms with E-state index >= 15 is 0 Å². The first kappa shape index (κ1) is 18.5. The highest BCUT2D eigenvalue weighted by atomic mass is 35.5. The van der Waals surface area contributed by atoms with Crippen molar-refractivity contribution in [1.29, 1.82) is 0 Å². The van der Waals surface area contributed by atoms with Crippen LogP contribution in [-0.4, -0.2) is 34.1 Å². The zero-order chi connectivity index (χ0) is 18.7. The molecule has 26 heavy (non-hydrogen) atoms. The Hall–Kier alpha value is -2.34. The fourth-order valence-corrected chi connectivity index (χ4v) is 3.82. The number of pyridine rings is 1. The highest BCUT2D eigenvalue weighted by Crippen LogP contribution is 2.34. The lowest BCUT2D eigenvalue weighted by Crippen LogP contribution is -2.56. The molecule has 0 aliphatic heterocycles. The largest absolute Gasteiger partial charge is 0.481 e. The Labute approximate surface area is 156 Å². The van der Waals surface area contributed by atoms with Gasteiger partial charge in [-0.1, -0.05) is 24.4 Å². The van der Waals surface area contributed by atoms with Crippen molar-refractivity contribution in [3.05, 3.63) is 35.5 Å². The highest BCUT2D eigenvalue weighted by molar-refractivity contribution is 6.35. The topological polar surface area (TPSA) is 88.5 Å². The molecule has 6 nitrogen and oxygen atoms in total. The van der Waals surface area contributed by atoms with Gasteiger partial charge in [-0.3, -0.25) is 14.6 Å². The van der Waals surface area contributed by atoms with Crippen molar-refractivity contribution in [2.45, 2.75) is 38.1 Å². The van der Waals surface area contributed by atoms with Gasteiger partial charge in [-0.05, 0) is 44.0 Å². The Kier molecular flexibility index (Phi) is 5.32. The number of aliphatic carboxylic acids is 1. The van der Waals surface area contributed by atoms with Crippen molar-refractivity contribution in [2.24, 2.45) is 5.92 Å². The van der Waals surface area contributed by atoms with Crippen LogP contribution in [-0.2, 0) is 9.59 Å². The lowest BCUT2D eigenvalue weighted by atomic mass is 9.74. The minimum absolute atomic E-state index is 0.213. The van der Waals surface area contributed by atoms with Crippen molar-refractivity contribution in [1.82, 2.24) is 10.3 Å². The summed E-state index contributed by atoms with van der Waals surface area (Å²) in [6.45, 7) is 1.58.